The van der Waals surface area contributed by atoms with E-state index in [0.717, 1.165) is 32.1 Å². The standard InChI is InChI=1S/C15H27N3S/c1-4-5-7-10-14(2,3)17-18-15(16-13-19)11-8-6-9-12-15/h4-12H2,1-3H3. The highest BCUT2D eigenvalue weighted by molar-refractivity contribution is 7.78. The van der Waals surface area contributed by atoms with Crippen LogP contribution in [0.15, 0.2) is 15.2 Å². The molecule has 0 amide bonds. The van der Waals surface area contributed by atoms with Crippen LogP contribution in [0.2, 0.25) is 0 Å². The van der Waals surface area contributed by atoms with E-state index < -0.39 is 5.66 Å². The summed E-state index contributed by atoms with van der Waals surface area (Å²) in [6.07, 6.45) is 10.3. The zero-order valence-corrected chi connectivity index (χ0v) is 13.4. The molecule has 3 nitrogen and oxygen atoms in total. The number of unbranched alkanes of at least 4 members (excludes halogenated alkanes) is 2. The van der Waals surface area contributed by atoms with Crippen LogP contribution in [-0.2, 0) is 0 Å². The number of hydrogen-bond acceptors (Lipinski definition) is 4. The summed E-state index contributed by atoms with van der Waals surface area (Å²) < 4.78 is 0. The van der Waals surface area contributed by atoms with Crippen molar-refractivity contribution in [2.75, 3.05) is 0 Å². The lowest BCUT2D eigenvalue weighted by Crippen LogP contribution is -2.28. The van der Waals surface area contributed by atoms with Gasteiger partial charge in [-0.1, -0.05) is 32.6 Å². The van der Waals surface area contributed by atoms with Gasteiger partial charge >= 0.3 is 0 Å². The summed E-state index contributed by atoms with van der Waals surface area (Å²) in [5, 5.41) is 11.7. The number of aliphatic imine (C=N–C) groups is 1. The lowest BCUT2D eigenvalue weighted by Gasteiger charge is -2.29. The highest BCUT2D eigenvalue weighted by Gasteiger charge is 2.32. The summed E-state index contributed by atoms with van der Waals surface area (Å²) in [6.45, 7) is 6.54. The largest absolute Gasteiger partial charge is 0.200 e. The molecule has 0 aromatic rings. The van der Waals surface area contributed by atoms with E-state index in [0.29, 0.717) is 0 Å². The normalized spacial score (nSPS) is 19.3. The van der Waals surface area contributed by atoms with E-state index in [2.05, 4.69) is 41.2 Å². The molecule has 1 aliphatic rings. The molecule has 0 aromatic carbocycles. The zero-order valence-electron chi connectivity index (χ0n) is 12.6. The van der Waals surface area contributed by atoms with Crippen molar-refractivity contribution in [1.82, 2.24) is 0 Å². The Hall–Kier alpha value is -0.600. The molecule has 0 heterocycles. The van der Waals surface area contributed by atoms with Crippen LogP contribution in [0.3, 0.4) is 0 Å². The van der Waals surface area contributed by atoms with Crippen LogP contribution < -0.4 is 0 Å². The van der Waals surface area contributed by atoms with Gasteiger partial charge in [-0.15, -0.1) is 0 Å². The van der Waals surface area contributed by atoms with Gasteiger partial charge in [0.25, 0.3) is 0 Å². The smallest absolute Gasteiger partial charge is 0.180 e. The Bertz CT molecular complexity index is 337. The maximum atomic E-state index is 4.78. The molecule has 19 heavy (non-hydrogen) atoms. The van der Waals surface area contributed by atoms with E-state index in [-0.39, 0.29) is 5.54 Å². The van der Waals surface area contributed by atoms with E-state index in [1.54, 1.807) is 0 Å². The first-order valence-electron chi connectivity index (χ1n) is 7.57. The summed E-state index contributed by atoms with van der Waals surface area (Å²) in [4.78, 5) is 4.32. The fraction of sp³-hybridized carbons (Fsp3) is 0.933. The van der Waals surface area contributed by atoms with Crippen molar-refractivity contribution in [3.8, 4) is 0 Å². The van der Waals surface area contributed by atoms with Gasteiger partial charge in [0.05, 0.1) is 10.7 Å². The van der Waals surface area contributed by atoms with Gasteiger partial charge in [-0.2, -0.15) is 15.2 Å². The van der Waals surface area contributed by atoms with E-state index >= 15 is 0 Å². The van der Waals surface area contributed by atoms with Crippen LogP contribution in [0.4, 0.5) is 0 Å². The number of azo groups is 1. The Kier molecular flexibility index (Phi) is 6.81. The Labute approximate surface area is 123 Å². The number of nitrogens with zero attached hydrogens (tertiary/aromatic N) is 3. The number of thiocarbonyl (C=S) groups is 1. The molecular weight excluding hydrogens is 254 g/mol. The fourth-order valence-electron chi connectivity index (χ4n) is 2.52. The van der Waals surface area contributed by atoms with Crippen molar-refractivity contribution in [2.24, 2.45) is 15.2 Å². The minimum Gasteiger partial charge on any atom is -0.200 e. The van der Waals surface area contributed by atoms with Crippen molar-refractivity contribution >= 4 is 17.4 Å². The predicted molar refractivity (Wildman–Crippen MR) is 83.9 cm³/mol. The molecule has 1 fully saturated rings. The molecule has 0 aliphatic heterocycles. The lowest BCUT2D eigenvalue weighted by atomic mass is 9.90. The second-order valence-electron chi connectivity index (χ2n) is 6.22. The second-order valence-corrected chi connectivity index (χ2v) is 6.40. The van der Waals surface area contributed by atoms with Crippen molar-refractivity contribution in [3.05, 3.63) is 0 Å². The SMILES string of the molecule is CCCCCC(C)(C)N=NC1(N=C=S)CCCCC1. The maximum Gasteiger partial charge on any atom is 0.180 e. The van der Waals surface area contributed by atoms with Crippen molar-refractivity contribution < 1.29 is 0 Å². The minimum atomic E-state index is -0.401. The second kappa shape index (κ2) is 7.86. The lowest BCUT2D eigenvalue weighted by molar-refractivity contribution is 0.282. The molecule has 0 spiro atoms. The molecule has 0 bridgehead atoms. The van der Waals surface area contributed by atoms with Crippen LogP contribution in [0.25, 0.3) is 0 Å². The average molecular weight is 281 g/mol. The van der Waals surface area contributed by atoms with Gasteiger partial charge in [-0.05, 0) is 58.2 Å². The fourth-order valence-corrected chi connectivity index (χ4v) is 2.69. The quantitative estimate of drug-likeness (QED) is 0.260. The van der Waals surface area contributed by atoms with E-state index in [9.17, 15) is 0 Å². The van der Waals surface area contributed by atoms with Crippen LogP contribution in [0, 0.1) is 0 Å². The molecule has 0 N–H and O–H groups in total. The molecule has 108 valence electrons. The molecule has 0 aromatic heterocycles. The predicted octanol–water partition coefficient (Wildman–Crippen LogP) is 5.56. The van der Waals surface area contributed by atoms with E-state index in [4.69, 9.17) is 12.2 Å². The summed E-state index contributed by atoms with van der Waals surface area (Å²) >= 11 is 4.78. The molecular formula is C15H27N3S. The van der Waals surface area contributed by atoms with Gasteiger partial charge < -0.3 is 0 Å². The highest BCUT2D eigenvalue weighted by atomic mass is 32.1. The first kappa shape index (κ1) is 16.5. The monoisotopic (exact) mass is 281 g/mol. The van der Waals surface area contributed by atoms with Gasteiger partial charge in [0.2, 0.25) is 0 Å². The summed E-state index contributed by atoms with van der Waals surface area (Å²) in [5.41, 5.74) is -0.487. The Morgan fingerprint density at radius 1 is 1.16 bits per heavy atom. The summed E-state index contributed by atoms with van der Waals surface area (Å²) in [7, 11) is 0. The van der Waals surface area contributed by atoms with Crippen LogP contribution >= 0.6 is 12.2 Å². The third-order valence-corrected chi connectivity index (χ3v) is 3.90. The number of isothiocyanates is 1. The molecule has 0 atom stereocenters. The molecule has 0 radical (unpaired) electrons. The van der Waals surface area contributed by atoms with Crippen molar-refractivity contribution in [2.45, 2.75) is 89.8 Å². The Morgan fingerprint density at radius 2 is 1.84 bits per heavy atom. The topological polar surface area (TPSA) is 37.1 Å². The molecule has 0 saturated heterocycles. The average Bonchev–Trinajstić information content (AvgIpc) is 2.39. The third-order valence-electron chi connectivity index (χ3n) is 3.81. The van der Waals surface area contributed by atoms with Crippen molar-refractivity contribution in [1.29, 1.82) is 0 Å². The first-order chi connectivity index (χ1) is 9.04. The zero-order chi connectivity index (χ0) is 14.2. The minimum absolute atomic E-state index is 0.0867. The van der Waals surface area contributed by atoms with E-state index in [1.807, 2.05) is 0 Å². The maximum absolute atomic E-state index is 4.78. The molecule has 1 aliphatic carbocycles. The Morgan fingerprint density at radius 3 is 2.42 bits per heavy atom. The molecule has 0 unspecified atom stereocenters. The van der Waals surface area contributed by atoms with Gasteiger partial charge in [0.15, 0.2) is 5.66 Å². The van der Waals surface area contributed by atoms with Crippen LogP contribution in [0.5, 0.6) is 0 Å². The van der Waals surface area contributed by atoms with Crippen LogP contribution in [0.1, 0.15) is 78.6 Å². The highest BCUT2D eigenvalue weighted by Crippen LogP contribution is 2.34. The van der Waals surface area contributed by atoms with Crippen molar-refractivity contribution in [3.63, 3.8) is 0 Å². The molecule has 1 rings (SSSR count). The van der Waals surface area contributed by atoms with Gasteiger partial charge in [-0.25, -0.2) is 0 Å². The molecule has 1 saturated carbocycles. The molecule has 4 heteroatoms. The third kappa shape index (κ3) is 5.92. The van der Waals surface area contributed by atoms with Crippen LogP contribution in [-0.4, -0.2) is 16.4 Å². The van der Waals surface area contributed by atoms with Gasteiger partial charge in [0.1, 0.15) is 0 Å². The van der Waals surface area contributed by atoms with Gasteiger partial charge in [0, 0.05) is 0 Å². The number of rotatable bonds is 7. The van der Waals surface area contributed by atoms with Gasteiger partial charge in [-0.3, -0.25) is 0 Å². The first-order valence-corrected chi connectivity index (χ1v) is 7.97. The van der Waals surface area contributed by atoms with E-state index in [1.165, 1.54) is 25.7 Å². The summed E-state index contributed by atoms with van der Waals surface area (Å²) in [6, 6.07) is 0. The number of hydrogen-bond donors (Lipinski definition) is 0. The Balaban J connectivity index is 2.66. The summed E-state index contributed by atoms with van der Waals surface area (Å²) in [5.74, 6) is 0.